The van der Waals surface area contributed by atoms with Gasteiger partial charge in [0.2, 0.25) is 5.91 Å². The summed E-state index contributed by atoms with van der Waals surface area (Å²) in [4.78, 5) is 13.9. The summed E-state index contributed by atoms with van der Waals surface area (Å²) in [6, 6.07) is 0.155. The van der Waals surface area contributed by atoms with E-state index in [-0.39, 0.29) is 12.0 Å². The van der Waals surface area contributed by atoms with Gasteiger partial charge in [-0.2, -0.15) is 0 Å². The summed E-state index contributed by atoms with van der Waals surface area (Å²) in [7, 11) is 1.88. The molecule has 0 aliphatic heterocycles. The monoisotopic (exact) mass is 231 g/mol. The van der Waals surface area contributed by atoms with Crippen LogP contribution in [0.15, 0.2) is 0 Å². The van der Waals surface area contributed by atoms with Crippen LogP contribution in [-0.2, 0) is 4.79 Å². The van der Waals surface area contributed by atoms with Crippen molar-refractivity contribution >= 4 is 17.5 Å². The van der Waals surface area contributed by atoms with Gasteiger partial charge in [0.1, 0.15) is 0 Å². The third-order valence-electron chi connectivity index (χ3n) is 3.44. The molecule has 88 valence electrons. The quantitative estimate of drug-likeness (QED) is 0.540. The summed E-state index contributed by atoms with van der Waals surface area (Å²) in [6.07, 6.45) is 7.13. The number of alkyl halides is 1. The first kappa shape index (κ1) is 12.8. The summed E-state index contributed by atoms with van der Waals surface area (Å²) >= 11 is 5.77. The van der Waals surface area contributed by atoms with Crippen molar-refractivity contribution in [3.8, 4) is 0 Å². The van der Waals surface area contributed by atoms with Crippen molar-refractivity contribution in [2.75, 3.05) is 12.9 Å². The molecule has 1 aliphatic rings. The standard InChI is InChI=1S/C12H22ClNO/c1-10(9-13)14(2)12(15)11-7-5-3-4-6-8-11/h10-11H,3-9H2,1-2H3. The van der Waals surface area contributed by atoms with Crippen LogP contribution in [-0.4, -0.2) is 29.8 Å². The van der Waals surface area contributed by atoms with E-state index in [1.807, 2.05) is 18.9 Å². The maximum Gasteiger partial charge on any atom is 0.225 e. The van der Waals surface area contributed by atoms with Crippen molar-refractivity contribution in [2.24, 2.45) is 5.92 Å². The molecule has 0 aromatic heterocycles. The molecule has 2 nitrogen and oxygen atoms in total. The Morgan fingerprint density at radius 1 is 1.33 bits per heavy atom. The Bertz CT molecular complexity index is 200. The van der Waals surface area contributed by atoms with Gasteiger partial charge in [-0.3, -0.25) is 4.79 Å². The van der Waals surface area contributed by atoms with Crippen molar-refractivity contribution in [1.82, 2.24) is 4.90 Å². The Hall–Kier alpha value is -0.240. The maximum absolute atomic E-state index is 12.1. The first-order valence-corrected chi connectivity index (χ1v) is 6.53. The third-order valence-corrected chi connectivity index (χ3v) is 3.88. The van der Waals surface area contributed by atoms with Gasteiger partial charge in [0.05, 0.1) is 0 Å². The fraction of sp³-hybridized carbons (Fsp3) is 0.917. The van der Waals surface area contributed by atoms with Crippen LogP contribution >= 0.6 is 11.6 Å². The van der Waals surface area contributed by atoms with Crippen LogP contribution < -0.4 is 0 Å². The van der Waals surface area contributed by atoms with Gasteiger partial charge in [-0.1, -0.05) is 25.7 Å². The van der Waals surface area contributed by atoms with Gasteiger partial charge in [0, 0.05) is 24.9 Å². The van der Waals surface area contributed by atoms with Gasteiger partial charge in [0.15, 0.2) is 0 Å². The van der Waals surface area contributed by atoms with Gasteiger partial charge in [-0.25, -0.2) is 0 Å². The van der Waals surface area contributed by atoms with Gasteiger partial charge < -0.3 is 4.90 Å². The van der Waals surface area contributed by atoms with E-state index in [0.29, 0.717) is 11.8 Å². The van der Waals surface area contributed by atoms with Crippen molar-refractivity contribution in [2.45, 2.75) is 51.5 Å². The minimum Gasteiger partial charge on any atom is -0.342 e. The summed E-state index contributed by atoms with van der Waals surface area (Å²) < 4.78 is 0. The van der Waals surface area contributed by atoms with Gasteiger partial charge in [-0.15, -0.1) is 11.6 Å². The predicted molar refractivity (Wildman–Crippen MR) is 64.1 cm³/mol. The van der Waals surface area contributed by atoms with Crippen LogP contribution in [0.25, 0.3) is 0 Å². The van der Waals surface area contributed by atoms with E-state index in [1.54, 1.807) is 0 Å². The molecular formula is C12H22ClNO. The number of nitrogens with zero attached hydrogens (tertiary/aromatic N) is 1. The molecule has 3 heteroatoms. The Kier molecular flexibility index (Phi) is 5.44. The average Bonchev–Trinajstić information content (AvgIpc) is 2.54. The van der Waals surface area contributed by atoms with Crippen LogP contribution in [0.2, 0.25) is 0 Å². The summed E-state index contributed by atoms with van der Waals surface area (Å²) in [5, 5.41) is 0. The highest BCUT2D eigenvalue weighted by Crippen LogP contribution is 2.24. The molecule has 0 radical (unpaired) electrons. The van der Waals surface area contributed by atoms with Crippen molar-refractivity contribution < 1.29 is 4.79 Å². The highest BCUT2D eigenvalue weighted by molar-refractivity contribution is 6.18. The van der Waals surface area contributed by atoms with Crippen molar-refractivity contribution in [3.63, 3.8) is 0 Å². The smallest absolute Gasteiger partial charge is 0.225 e. The summed E-state index contributed by atoms with van der Waals surface area (Å²) in [6.45, 7) is 2.00. The van der Waals surface area contributed by atoms with Crippen LogP contribution in [0.5, 0.6) is 0 Å². The first-order valence-electron chi connectivity index (χ1n) is 5.99. The molecule has 0 saturated heterocycles. The molecule has 0 heterocycles. The second-order valence-corrected chi connectivity index (χ2v) is 4.95. The number of carbonyl (C=O) groups excluding carboxylic acids is 1. The molecule has 0 spiro atoms. The minimum absolute atomic E-state index is 0.155. The van der Waals surface area contributed by atoms with E-state index >= 15 is 0 Å². The number of carbonyl (C=O) groups is 1. The van der Waals surface area contributed by atoms with Gasteiger partial charge in [0.25, 0.3) is 0 Å². The van der Waals surface area contributed by atoms with Crippen LogP contribution in [0.3, 0.4) is 0 Å². The normalized spacial score (nSPS) is 20.7. The second kappa shape index (κ2) is 6.37. The molecule has 1 unspecified atom stereocenters. The molecule has 1 amide bonds. The molecular weight excluding hydrogens is 210 g/mol. The molecule has 15 heavy (non-hydrogen) atoms. The molecule has 1 saturated carbocycles. The zero-order valence-corrected chi connectivity index (χ0v) is 10.6. The number of amides is 1. The molecule has 1 fully saturated rings. The maximum atomic E-state index is 12.1. The lowest BCUT2D eigenvalue weighted by molar-refractivity contribution is -0.136. The van der Waals surface area contributed by atoms with Crippen LogP contribution in [0.4, 0.5) is 0 Å². The second-order valence-electron chi connectivity index (χ2n) is 4.64. The van der Waals surface area contributed by atoms with Crippen molar-refractivity contribution in [3.05, 3.63) is 0 Å². The largest absolute Gasteiger partial charge is 0.342 e. The van der Waals surface area contributed by atoms with Gasteiger partial charge in [-0.05, 0) is 19.8 Å². The highest BCUT2D eigenvalue weighted by atomic mass is 35.5. The van der Waals surface area contributed by atoms with Crippen LogP contribution in [0, 0.1) is 5.92 Å². The van der Waals surface area contributed by atoms with Crippen LogP contribution in [0.1, 0.15) is 45.4 Å². The van der Waals surface area contributed by atoms with E-state index in [9.17, 15) is 4.79 Å². The van der Waals surface area contributed by atoms with Gasteiger partial charge >= 0.3 is 0 Å². The Labute approximate surface area is 98.0 Å². The zero-order valence-electron chi connectivity index (χ0n) is 9.84. The molecule has 0 N–H and O–H groups in total. The number of hydrogen-bond donors (Lipinski definition) is 0. The Morgan fingerprint density at radius 3 is 2.33 bits per heavy atom. The highest BCUT2D eigenvalue weighted by Gasteiger charge is 2.25. The predicted octanol–water partition coefficient (Wildman–Crippen LogP) is 3.04. The molecule has 0 bridgehead atoms. The summed E-state index contributed by atoms with van der Waals surface area (Å²) in [5.41, 5.74) is 0. The fourth-order valence-corrected chi connectivity index (χ4v) is 2.34. The molecule has 0 aromatic rings. The molecule has 1 atom stereocenters. The van der Waals surface area contributed by atoms with E-state index < -0.39 is 0 Å². The molecule has 1 aliphatic carbocycles. The van der Waals surface area contributed by atoms with E-state index in [1.165, 1.54) is 25.7 Å². The number of rotatable bonds is 3. The zero-order chi connectivity index (χ0) is 11.3. The SMILES string of the molecule is CC(CCl)N(C)C(=O)C1CCCCCC1. The Balaban J connectivity index is 2.49. The minimum atomic E-state index is 0.155. The lowest BCUT2D eigenvalue weighted by atomic mass is 9.98. The fourth-order valence-electron chi connectivity index (χ4n) is 2.14. The Morgan fingerprint density at radius 2 is 1.87 bits per heavy atom. The van der Waals surface area contributed by atoms with E-state index in [0.717, 1.165) is 12.8 Å². The topological polar surface area (TPSA) is 20.3 Å². The van der Waals surface area contributed by atoms with E-state index in [4.69, 9.17) is 11.6 Å². The van der Waals surface area contributed by atoms with Crippen molar-refractivity contribution in [1.29, 1.82) is 0 Å². The van der Waals surface area contributed by atoms with E-state index in [2.05, 4.69) is 0 Å². The molecule has 1 rings (SSSR count). The average molecular weight is 232 g/mol. The first-order chi connectivity index (χ1) is 7.16. The lowest BCUT2D eigenvalue weighted by Gasteiger charge is -2.27. The summed E-state index contributed by atoms with van der Waals surface area (Å²) in [5.74, 6) is 1.07. The third kappa shape index (κ3) is 3.67. The molecule has 0 aromatic carbocycles. The lowest BCUT2D eigenvalue weighted by Crippen LogP contribution is -2.40. The number of hydrogen-bond acceptors (Lipinski definition) is 1. The number of halogens is 1.